The van der Waals surface area contributed by atoms with Gasteiger partial charge in [-0.05, 0) is 80.6 Å². The molecule has 3 N–H and O–H groups in total. The minimum Gasteiger partial charge on any atom is -0.504 e. The molecule has 32 heavy (non-hydrogen) atoms. The molecule has 1 fully saturated rings. The van der Waals surface area contributed by atoms with Gasteiger partial charge in [0, 0.05) is 34.4 Å². The largest absolute Gasteiger partial charge is 0.504 e. The van der Waals surface area contributed by atoms with Crippen LogP contribution in [0.5, 0.6) is 11.5 Å². The summed E-state index contributed by atoms with van der Waals surface area (Å²) in [5, 5.41) is 18.9. The number of aromatic hydroxyl groups is 1. The Morgan fingerprint density at radius 2 is 1.78 bits per heavy atom. The number of ether oxygens (including phenoxy) is 1. The van der Waals surface area contributed by atoms with Gasteiger partial charge in [-0.2, -0.15) is 0 Å². The summed E-state index contributed by atoms with van der Waals surface area (Å²) in [6.07, 6.45) is 7.36. The lowest BCUT2D eigenvalue weighted by Crippen LogP contribution is -2.37. The molecule has 0 amide bonds. The maximum absolute atomic E-state index is 9.71. The third-order valence-electron chi connectivity index (χ3n) is 5.88. The van der Waals surface area contributed by atoms with Crippen molar-refractivity contribution in [1.82, 2.24) is 10.3 Å². The van der Waals surface area contributed by atoms with Gasteiger partial charge in [0.2, 0.25) is 0 Å². The van der Waals surface area contributed by atoms with Crippen LogP contribution >= 0.6 is 36.4 Å². The highest BCUT2D eigenvalue weighted by molar-refractivity contribution is 6.31. The zero-order valence-electron chi connectivity index (χ0n) is 18.0. The zero-order valence-corrected chi connectivity index (χ0v) is 20.4. The summed E-state index contributed by atoms with van der Waals surface area (Å²) in [5.41, 5.74) is 3.22. The number of nitrogens with zero attached hydrogens (tertiary/aromatic N) is 1. The first-order valence-electron chi connectivity index (χ1n) is 10.5. The van der Waals surface area contributed by atoms with Gasteiger partial charge in [-0.1, -0.05) is 17.7 Å². The molecular formula is C24H30Cl3N3O2. The Balaban J connectivity index is 0.00000181. The normalized spacial score (nSPS) is 17.8. The number of hydrogen-bond donors (Lipinski definition) is 3. The average molecular weight is 499 g/mol. The molecule has 1 heterocycles. The Morgan fingerprint density at radius 3 is 2.53 bits per heavy atom. The molecule has 0 aliphatic heterocycles. The Morgan fingerprint density at radius 1 is 1.03 bits per heavy atom. The molecule has 1 aliphatic rings. The minimum absolute atomic E-state index is 0. The standard InChI is InChI=1S/C24H28ClN3O2.2ClH/c1-30-24-14-16(2-9-23(24)29)10-12-26-18-4-6-19(7-5-18)28-21-11-13-27-22-15-17(25)3-8-20(21)22;;/h2-3,8-9,11,13-15,18-19,26,29H,4-7,10,12H2,1H3,(H,27,28);2*1H. The van der Waals surface area contributed by atoms with Crippen LogP contribution in [0.1, 0.15) is 31.2 Å². The van der Waals surface area contributed by atoms with Crippen LogP contribution in [0.15, 0.2) is 48.7 Å². The second kappa shape index (κ2) is 12.4. The third-order valence-corrected chi connectivity index (χ3v) is 6.12. The van der Waals surface area contributed by atoms with Crippen molar-refractivity contribution in [3.63, 3.8) is 0 Å². The van der Waals surface area contributed by atoms with E-state index in [4.69, 9.17) is 16.3 Å². The molecule has 0 radical (unpaired) electrons. The number of aromatic nitrogens is 1. The van der Waals surface area contributed by atoms with Crippen molar-refractivity contribution in [1.29, 1.82) is 0 Å². The molecule has 4 rings (SSSR count). The van der Waals surface area contributed by atoms with Crippen LogP contribution in [-0.4, -0.2) is 35.8 Å². The van der Waals surface area contributed by atoms with E-state index in [0.717, 1.165) is 60.8 Å². The van der Waals surface area contributed by atoms with Crippen molar-refractivity contribution in [2.45, 2.75) is 44.2 Å². The molecule has 1 aliphatic carbocycles. The minimum atomic E-state index is 0. The second-order valence-electron chi connectivity index (χ2n) is 7.92. The summed E-state index contributed by atoms with van der Waals surface area (Å²) in [6, 6.07) is 14.5. The first-order chi connectivity index (χ1) is 14.6. The predicted octanol–water partition coefficient (Wildman–Crippen LogP) is 6.00. The van der Waals surface area contributed by atoms with Gasteiger partial charge in [0.1, 0.15) is 0 Å². The number of phenols is 1. The van der Waals surface area contributed by atoms with Crippen molar-refractivity contribution in [3.8, 4) is 11.5 Å². The number of benzene rings is 2. The first kappa shape index (κ1) is 26.3. The first-order valence-corrected chi connectivity index (χ1v) is 10.9. The van der Waals surface area contributed by atoms with E-state index in [0.29, 0.717) is 22.9 Å². The number of pyridine rings is 1. The molecule has 174 valence electrons. The molecule has 8 heteroatoms. The molecule has 0 saturated heterocycles. The van der Waals surface area contributed by atoms with Gasteiger partial charge in [-0.25, -0.2) is 0 Å². The van der Waals surface area contributed by atoms with E-state index in [2.05, 4.69) is 15.6 Å². The summed E-state index contributed by atoms with van der Waals surface area (Å²) in [7, 11) is 1.58. The Kier molecular flexibility index (Phi) is 10.2. The lowest BCUT2D eigenvalue weighted by Gasteiger charge is -2.30. The van der Waals surface area contributed by atoms with Gasteiger partial charge in [0.05, 0.1) is 12.6 Å². The fourth-order valence-electron chi connectivity index (χ4n) is 4.21. The smallest absolute Gasteiger partial charge is 0.160 e. The summed E-state index contributed by atoms with van der Waals surface area (Å²) in [5.74, 6) is 0.718. The molecule has 3 aromatic rings. The van der Waals surface area contributed by atoms with Crippen LogP contribution in [0, 0.1) is 0 Å². The van der Waals surface area contributed by atoms with Gasteiger partial charge in [-0.3, -0.25) is 4.98 Å². The highest BCUT2D eigenvalue weighted by Crippen LogP contribution is 2.29. The monoisotopic (exact) mass is 497 g/mol. The van der Waals surface area contributed by atoms with E-state index in [1.165, 1.54) is 0 Å². The second-order valence-corrected chi connectivity index (χ2v) is 8.36. The summed E-state index contributed by atoms with van der Waals surface area (Å²) < 4.78 is 5.19. The lowest BCUT2D eigenvalue weighted by molar-refractivity contribution is 0.355. The molecule has 1 aromatic heterocycles. The van der Waals surface area contributed by atoms with E-state index in [9.17, 15) is 5.11 Å². The predicted molar refractivity (Wildman–Crippen MR) is 137 cm³/mol. The van der Waals surface area contributed by atoms with E-state index in [1.807, 2.05) is 42.6 Å². The van der Waals surface area contributed by atoms with Gasteiger partial charge >= 0.3 is 0 Å². The van der Waals surface area contributed by atoms with Gasteiger partial charge < -0.3 is 20.5 Å². The van der Waals surface area contributed by atoms with Crippen LogP contribution in [-0.2, 0) is 6.42 Å². The highest BCUT2D eigenvalue weighted by Gasteiger charge is 2.21. The number of phenolic OH excluding ortho intramolecular Hbond substituents is 1. The summed E-state index contributed by atoms with van der Waals surface area (Å²) >= 11 is 6.10. The van der Waals surface area contributed by atoms with Crippen LogP contribution in [0.25, 0.3) is 10.9 Å². The van der Waals surface area contributed by atoms with Crippen molar-refractivity contribution in [3.05, 3.63) is 59.2 Å². The Bertz CT molecular complexity index is 1010. The van der Waals surface area contributed by atoms with Crippen LogP contribution < -0.4 is 15.4 Å². The lowest BCUT2D eigenvalue weighted by atomic mass is 9.90. The van der Waals surface area contributed by atoms with Crippen molar-refractivity contribution in [2.24, 2.45) is 0 Å². The van der Waals surface area contributed by atoms with Crippen molar-refractivity contribution in [2.75, 3.05) is 19.0 Å². The van der Waals surface area contributed by atoms with Crippen molar-refractivity contribution >= 4 is 53.0 Å². The maximum atomic E-state index is 9.71. The number of hydrogen-bond acceptors (Lipinski definition) is 5. The molecular weight excluding hydrogens is 469 g/mol. The highest BCUT2D eigenvalue weighted by atomic mass is 35.5. The molecule has 2 aromatic carbocycles. The van der Waals surface area contributed by atoms with E-state index in [1.54, 1.807) is 13.2 Å². The number of fused-ring (bicyclic) bond motifs is 1. The molecule has 0 spiro atoms. The Labute approximate surface area is 206 Å². The van der Waals surface area contributed by atoms with Crippen LogP contribution in [0.4, 0.5) is 5.69 Å². The number of nitrogens with one attached hydrogen (secondary N) is 2. The maximum Gasteiger partial charge on any atom is 0.160 e. The number of rotatable bonds is 7. The van der Waals surface area contributed by atoms with E-state index >= 15 is 0 Å². The zero-order chi connectivity index (χ0) is 20.9. The van der Waals surface area contributed by atoms with Crippen molar-refractivity contribution < 1.29 is 9.84 Å². The summed E-state index contributed by atoms with van der Waals surface area (Å²) in [6.45, 7) is 0.923. The fraction of sp³-hybridized carbons (Fsp3) is 0.375. The molecule has 0 unspecified atom stereocenters. The SMILES string of the molecule is COc1cc(CCNC2CCC(Nc3ccnc4cc(Cl)ccc34)CC2)ccc1O.Cl.Cl. The van der Waals surface area contributed by atoms with E-state index < -0.39 is 0 Å². The molecule has 0 atom stereocenters. The van der Waals surface area contributed by atoms with E-state index in [-0.39, 0.29) is 30.6 Å². The van der Waals surface area contributed by atoms with Crippen LogP contribution in [0.2, 0.25) is 5.02 Å². The fourth-order valence-corrected chi connectivity index (χ4v) is 4.37. The molecule has 5 nitrogen and oxygen atoms in total. The van der Waals surface area contributed by atoms with Gasteiger partial charge in [-0.15, -0.1) is 24.8 Å². The third kappa shape index (κ3) is 6.55. The van der Waals surface area contributed by atoms with Gasteiger partial charge in [0.15, 0.2) is 11.5 Å². The topological polar surface area (TPSA) is 66.4 Å². The summed E-state index contributed by atoms with van der Waals surface area (Å²) in [4.78, 5) is 4.43. The van der Waals surface area contributed by atoms with Gasteiger partial charge in [0.25, 0.3) is 0 Å². The number of halogens is 3. The number of methoxy groups -OCH3 is 1. The van der Waals surface area contributed by atoms with Crippen LogP contribution in [0.3, 0.4) is 0 Å². The molecule has 0 bridgehead atoms. The molecule has 1 saturated carbocycles. The Hall–Kier alpha value is -1.92. The number of anilines is 1. The quantitative estimate of drug-likeness (QED) is 0.373. The average Bonchev–Trinajstić information content (AvgIpc) is 2.76.